The van der Waals surface area contributed by atoms with E-state index < -0.39 is 5.82 Å². The van der Waals surface area contributed by atoms with Crippen LogP contribution in [0.2, 0.25) is 0 Å². The fraction of sp³-hybridized carbons (Fsp3) is 0.588. The van der Waals surface area contributed by atoms with Gasteiger partial charge in [-0.25, -0.2) is 9.37 Å². The summed E-state index contributed by atoms with van der Waals surface area (Å²) in [7, 11) is 0. The third kappa shape index (κ3) is 3.72. The number of carbonyl (C=O) groups excluding carboxylic acids is 2. The van der Waals surface area contributed by atoms with Crippen LogP contribution in [0.4, 0.5) is 10.2 Å². The van der Waals surface area contributed by atoms with Gasteiger partial charge in [-0.05, 0) is 38.1 Å². The molecule has 6 nitrogen and oxygen atoms in total. The normalized spacial score (nSPS) is 24.6. The van der Waals surface area contributed by atoms with Crippen molar-refractivity contribution in [1.29, 1.82) is 0 Å². The van der Waals surface area contributed by atoms with E-state index in [1.165, 1.54) is 18.6 Å². The molecule has 3 heterocycles. The molecule has 1 aromatic rings. The van der Waals surface area contributed by atoms with Gasteiger partial charge in [-0.15, -0.1) is 0 Å². The maximum absolute atomic E-state index is 12.9. The number of rotatable bonds is 5. The summed E-state index contributed by atoms with van der Waals surface area (Å²) < 4.78 is 12.9. The molecule has 2 amide bonds. The van der Waals surface area contributed by atoms with Crippen LogP contribution < -0.4 is 5.32 Å². The standard InChI is InChI=1S/C17H23FN4O2/c1-2-21-7-3-4-14(21)11-22-10-12(8-16(22)23)17(24)20-15-6-5-13(18)9-19-15/h5-6,9,12,14H,2-4,7-8,10-11H2,1H3,(H,19,20,24)/t12-,14-/m0/s1. The molecule has 0 radical (unpaired) electrons. The number of hydrogen-bond donors (Lipinski definition) is 1. The quantitative estimate of drug-likeness (QED) is 0.886. The average molecular weight is 334 g/mol. The maximum Gasteiger partial charge on any atom is 0.230 e. The van der Waals surface area contributed by atoms with Crippen molar-refractivity contribution < 1.29 is 14.0 Å². The Morgan fingerprint density at radius 3 is 3.00 bits per heavy atom. The Morgan fingerprint density at radius 2 is 2.29 bits per heavy atom. The molecular weight excluding hydrogens is 311 g/mol. The first-order valence-electron chi connectivity index (χ1n) is 8.51. The van der Waals surface area contributed by atoms with Crippen LogP contribution >= 0.6 is 0 Å². The molecule has 130 valence electrons. The van der Waals surface area contributed by atoms with Gasteiger partial charge >= 0.3 is 0 Å². The Balaban J connectivity index is 1.55. The van der Waals surface area contributed by atoms with Gasteiger partial charge < -0.3 is 10.2 Å². The second-order valence-corrected chi connectivity index (χ2v) is 6.48. The minimum atomic E-state index is -0.452. The zero-order chi connectivity index (χ0) is 17.1. The molecule has 0 unspecified atom stereocenters. The molecule has 0 saturated carbocycles. The first-order chi connectivity index (χ1) is 11.6. The molecule has 2 saturated heterocycles. The Kier molecular flexibility index (Phi) is 5.08. The first-order valence-corrected chi connectivity index (χ1v) is 8.51. The molecule has 0 bridgehead atoms. The third-order valence-electron chi connectivity index (χ3n) is 4.90. The highest BCUT2D eigenvalue weighted by atomic mass is 19.1. The number of hydrogen-bond acceptors (Lipinski definition) is 4. The van der Waals surface area contributed by atoms with Crippen molar-refractivity contribution in [3.63, 3.8) is 0 Å². The number of likely N-dealkylation sites (N-methyl/N-ethyl adjacent to an activating group) is 1. The van der Waals surface area contributed by atoms with Crippen molar-refractivity contribution in [3.8, 4) is 0 Å². The third-order valence-corrected chi connectivity index (χ3v) is 4.90. The van der Waals surface area contributed by atoms with E-state index in [4.69, 9.17) is 0 Å². The van der Waals surface area contributed by atoms with Gasteiger partial charge in [-0.2, -0.15) is 0 Å². The molecule has 3 rings (SSSR count). The van der Waals surface area contributed by atoms with Gasteiger partial charge in [0.1, 0.15) is 11.6 Å². The number of anilines is 1. The molecule has 0 spiro atoms. The van der Waals surface area contributed by atoms with Crippen LogP contribution in [0.25, 0.3) is 0 Å². The lowest BCUT2D eigenvalue weighted by atomic mass is 10.1. The average Bonchev–Trinajstić information content (AvgIpc) is 3.17. The molecule has 7 heteroatoms. The lowest BCUT2D eigenvalue weighted by Gasteiger charge is -2.27. The molecule has 2 fully saturated rings. The van der Waals surface area contributed by atoms with E-state index in [0.29, 0.717) is 24.9 Å². The summed E-state index contributed by atoms with van der Waals surface area (Å²) in [4.78, 5) is 32.6. The smallest absolute Gasteiger partial charge is 0.230 e. The summed E-state index contributed by atoms with van der Waals surface area (Å²) in [6.45, 7) is 5.36. The number of nitrogens with zero attached hydrogens (tertiary/aromatic N) is 3. The van der Waals surface area contributed by atoms with Gasteiger partial charge in [0.05, 0.1) is 12.1 Å². The highest BCUT2D eigenvalue weighted by Gasteiger charge is 2.36. The Morgan fingerprint density at radius 1 is 1.46 bits per heavy atom. The van der Waals surface area contributed by atoms with Crippen LogP contribution in [0.1, 0.15) is 26.2 Å². The highest BCUT2D eigenvalue weighted by Crippen LogP contribution is 2.24. The number of nitrogens with one attached hydrogen (secondary N) is 1. The van der Waals surface area contributed by atoms with Crippen molar-refractivity contribution in [1.82, 2.24) is 14.8 Å². The number of halogens is 1. The summed E-state index contributed by atoms with van der Waals surface area (Å²) >= 11 is 0. The Labute approximate surface area is 141 Å². The van der Waals surface area contributed by atoms with Gasteiger partial charge in [-0.3, -0.25) is 14.5 Å². The van der Waals surface area contributed by atoms with Crippen LogP contribution in [0.5, 0.6) is 0 Å². The van der Waals surface area contributed by atoms with Crippen LogP contribution in [0, 0.1) is 11.7 Å². The van der Waals surface area contributed by atoms with Crippen molar-refractivity contribution in [2.24, 2.45) is 5.92 Å². The fourth-order valence-corrected chi connectivity index (χ4v) is 3.57. The van der Waals surface area contributed by atoms with Crippen molar-refractivity contribution >= 4 is 17.6 Å². The molecular formula is C17H23FN4O2. The van der Waals surface area contributed by atoms with Gasteiger partial charge in [0.15, 0.2) is 0 Å². The van der Waals surface area contributed by atoms with E-state index in [0.717, 1.165) is 25.7 Å². The summed E-state index contributed by atoms with van der Waals surface area (Å²) in [6, 6.07) is 3.06. The van der Waals surface area contributed by atoms with Gasteiger partial charge in [0, 0.05) is 25.6 Å². The van der Waals surface area contributed by atoms with Gasteiger partial charge in [-0.1, -0.05) is 6.92 Å². The molecule has 2 aliphatic heterocycles. The maximum atomic E-state index is 12.9. The SMILES string of the molecule is CCN1CCC[C@H]1CN1C[C@@H](C(=O)Nc2ccc(F)cn2)CC1=O. The van der Waals surface area contributed by atoms with Crippen LogP contribution in [-0.2, 0) is 9.59 Å². The van der Waals surface area contributed by atoms with Crippen LogP contribution in [-0.4, -0.2) is 58.8 Å². The largest absolute Gasteiger partial charge is 0.340 e. The molecule has 2 atom stereocenters. The zero-order valence-corrected chi connectivity index (χ0v) is 13.9. The number of carbonyl (C=O) groups is 2. The molecule has 1 N–H and O–H groups in total. The lowest BCUT2D eigenvalue weighted by Crippen LogP contribution is -2.41. The fourth-order valence-electron chi connectivity index (χ4n) is 3.57. The van der Waals surface area contributed by atoms with E-state index in [1.807, 2.05) is 0 Å². The van der Waals surface area contributed by atoms with Gasteiger partial charge in [0.2, 0.25) is 11.8 Å². The second-order valence-electron chi connectivity index (χ2n) is 6.48. The number of likely N-dealkylation sites (tertiary alicyclic amines) is 2. The van der Waals surface area contributed by atoms with E-state index in [2.05, 4.69) is 22.1 Å². The van der Waals surface area contributed by atoms with Crippen molar-refractivity contribution in [2.45, 2.75) is 32.2 Å². The summed E-state index contributed by atoms with van der Waals surface area (Å²) in [5.74, 6) is -0.720. The summed E-state index contributed by atoms with van der Waals surface area (Å²) in [5.41, 5.74) is 0. The van der Waals surface area contributed by atoms with Gasteiger partial charge in [0.25, 0.3) is 0 Å². The minimum absolute atomic E-state index is 0.0326. The molecule has 2 aliphatic rings. The topological polar surface area (TPSA) is 65.5 Å². The Bertz CT molecular complexity index is 607. The number of pyridine rings is 1. The van der Waals surface area contributed by atoms with Crippen LogP contribution in [0.3, 0.4) is 0 Å². The predicted octanol–water partition coefficient (Wildman–Crippen LogP) is 1.49. The zero-order valence-electron chi connectivity index (χ0n) is 13.9. The van der Waals surface area contributed by atoms with E-state index in [9.17, 15) is 14.0 Å². The number of aromatic nitrogens is 1. The first kappa shape index (κ1) is 16.8. The second kappa shape index (κ2) is 7.25. The molecule has 24 heavy (non-hydrogen) atoms. The van der Waals surface area contributed by atoms with E-state index >= 15 is 0 Å². The van der Waals surface area contributed by atoms with E-state index in [1.54, 1.807) is 4.90 Å². The van der Waals surface area contributed by atoms with E-state index in [-0.39, 0.29) is 24.2 Å². The van der Waals surface area contributed by atoms with Crippen molar-refractivity contribution in [3.05, 3.63) is 24.1 Å². The van der Waals surface area contributed by atoms with Crippen molar-refractivity contribution in [2.75, 3.05) is 31.5 Å². The van der Waals surface area contributed by atoms with Crippen LogP contribution in [0.15, 0.2) is 18.3 Å². The summed E-state index contributed by atoms with van der Waals surface area (Å²) in [6.07, 6.45) is 3.56. The highest BCUT2D eigenvalue weighted by molar-refractivity contribution is 5.96. The number of amides is 2. The molecule has 0 aliphatic carbocycles. The molecule has 1 aromatic heterocycles. The Hall–Kier alpha value is -2.02. The summed E-state index contributed by atoms with van der Waals surface area (Å²) in [5, 5.41) is 2.66. The lowest BCUT2D eigenvalue weighted by molar-refractivity contribution is -0.128. The predicted molar refractivity (Wildman–Crippen MR) is 87.8 cm³/mol. The molecule has 0 aromatic carbocycles. The minimum Gasteiger partial charge on any atom is -0.340 e. The monoisotopic (exact) mass is 334 g/mol.